The van der Waals surface area contributed by atoms with Crippen LogP contribution in [0.5, 0.6) is 5.75 Å². The highest BCUT2D eigenvalue weighted by atomic mass is 35.5. The highest BCUT2D eigenvalue weighted by Crippen LogP contribution is 2.25. The second kappa shape index (κ2) is 14.8. The van der Waals surface area contributed by atoms with E-state index in [1.165, 1.54) is 16.7 Å². The van der Waals surface area contributed by atoms with Crippen molar-refractivity contribution in [2.45, 2.75) is 37.7 Å². The molecule has 0 aromatic heterocycles. The van der Waals surface area contributed by atoms with E-state index in [2.05, 4.69) is 5.32 Å². The van der Waals surface area contributed by atoms with Crippen LogP contribution in [-0.2, 0) is 32.1 Å². The van der Waals surface area contributed by atoms with E-state index in [9.17, 15) is 27.6 Å². The quantitative estimate of drug-likeness (QED) is 0.313. The van der Waals surface area contributed by atoms with Gasteiger partial charge in [-0.2, -0.15) is 0 Å². The highest BCUT2D eigenvalue weighted by Gasteiger charge is 2.35. The number of carbonyl (C=O) groups excluding carboxylic acids is 3. The summed E-state index contributed by atoms with van der Waals surface area (Å²) in [6.45, 7) is 2.33. The Kier molecular flexibility index (Phi) is 12.2. The van der Waals surface area contributed by atoms with Crippen molar-refractivity contribution >= 4 is 42.0 Å². The molecule has 1 saturated heterocycles. The van der Waals surface area contributed by atoms with Crippen LogP contribution >= 0.6 is 24.2 Å². The first-order valence-corrected chi connectivity index (χ1v) is 12.7. The predicted molar refractivity (Wildman–Crippen MR) is 138 cm³/mol. The average Bonchev–Trinajstić information content (AvgIpc) is 3.36. The standard InChI is InChI=1S/C25H28F3N3O5S.ClH/c1-2-35-23(33)14-36-18-5-3-15(4-6-18)13-30-24(34)25-31(7-8-37-25)22(32)11-17(29)9-16-10-20(27)21(28)12-19(16)26;/h3-6,10,12,17,25H,2,7-9,11,13-14,29H2,1H3,(H,30,34);1H/t17-,25?;/m1./s1. The number of carbonyl (C=O) groups is 3. The minimum atomic E-state index is -1.30. The van der Waals surface area contributed by atoms with Crippen molar-refractivity contribution in [3.63, 3.8) is 0 Å². The Labute approximate surface area is 228 Å². The van der Waals surface area contributed by atoms with E-state index in [0.29, 0.717) is 24.1 Å². The Hall–Kier alpha value is -2.96. The van der Waals surface area contributed by atoms with E-state index < -0.39 is 34.8 Å². The van der Waals surface area contributed by atoms with E-state index in [0.717, 1.165) is 11.6 Å². The molecule has 0 saturated carbocycles. The molecule has 3 N–H and O–H groups in total. The fourth-order valence-electron chi connectivity index (χ4n) is 3.68. The molecule has 0 radical (unpaired) electrons. The van der Waals surface area contributed by atoms with Gasteiger partial charge in [0, 0.05) is 37.4 Å². The van der Waals surface area contributed by atoms with Gasteiger partial charge in [0.05, 0.1) is 6.61 Å². The molecule has 1 fully saturated rings. The van der Waals surface area contributed by atoms with Crippen molar-refractivity contribution in [1.82, 2.24) is 10.2 Å². The first-order chi connectivity index (χ1) is 17.7. The molecule has 1 heterocycles. The van der Waals surface area contributed by atoms with Crippen LogP contribution in [0.15, 0.2) is 36.4 Å². The summed E-state index contributed by atoms with van der Waals surface area (Å²) in [4.78, 5) is 38.4. The Morgan fingerprint density at radius 3 is 2.50 bits per heavy atom. The molecule has 0 bridgehead atoms. The molecule has 0 spiro atoms. The van der Waals surface area contributed by atoms with Crippen molar-refractivity contribution in [1.29, 1.82) is 0 Å². The third-order valence-corrected chi connectivity index (χ3v) is 6.70. The minimum absolute atomic E-state index is 0. The fourth-order valence-corrected chi connectivity index (χ4v) is 4.85. The third kappa shape index (κ3) is 8.81. The molecule has 13 heteroatoms. The summed E-state index contributed by atoms with van der Waals surface area (Å²) in [5, 5.41) is 2.05. The SMILES string of the molecule is CCOC(=O)COc1ccc(CNC(=O)C2SCCN2C(=O)C[C@H](N)Cc2cc(F)c(F)cc2F)cc1.Cl. The zero-order valence-electron chi connectivity index (χ0n) is 20.6. The van der Waals surface area contributed by atoms with Gasteiger partial charge in [-0.05, 0) is 42.7 Å². The number of hydrogen-bond donors (Lipinski definition) is 2. The molecule has 3 rings (SSSR count). The molecule has 208 valence electrons. The third-order valence-electron chi connectivity index (χ3n) is 5.50. The number of ether oxygens (including phenoxy) is 2. The molecule has 2 amide bonds. The molecule has 2 aromatic carbocycles. The van der Waals surface area contributed by atoms with E-state index >= 15 is 0 Å². The lowest BCUT2D eigenvalue weighted by molar-refractivity contribution is -0.145. The zero-order chi connectivity index (χ0) is 26.9. The molecular weight excluding hydrogens is 547 g/mol. The van der Waals surface area contributed by atoms with Crippen LogP contribution in [0.25, 0.3) is 0 Å². The molecule has 0 aliphatic carbocycles. The summed E-state index contributed by atoms with van der Waals surface area (Å²) in [5.41, 5.74) is 6.64. The van der Waals surface area contributed by atoms with Gasteiger partial charge in [-0.15, -0.1) is 24.2 Å². The molecule has 8 nitrogen and oxygen atoms in total. The van der Waals surface area contributed by atoms with Crippen molar-refractivity contribution in [2.75, 3.05) is 25.5 Å². The van der Waals surface area contributed by atoms with Crippen LogP contribution in [0.1, 0.15) is 24.5 Å². The van der Waals surface area contributed by atoms with E-state index in [4.69, 9.17) is 15.2 Å². The maximum absolute atomic E-state index is 13.9. The molecule has 38 heavy (non-hydrogen) atoms. The molecule has 1 aliphatic heterocycles. The van der Waals surface area contributed by atoms with Crippen LogP contribution in [0.4, 0.5) is 13.2 Å². The second-order valence-electron chi connectivity index (χ2n) is 8.29. The van der Waals surface area contributed by atoms with E-state index in [1.54, 1.807) is 31.2 Å². The Morgan fingerprint density at radius 1 is 1.13 bits per heavy atom. The summed E-state index contributed by atoms with van der Waals surface area (Å²) in [6, 6.07) is 7.14. The number of esters is 1. The van der Waals surface area contributed by atoms with Crippen LogP contribution < -0.4 is 15.8 Å². The summed E-state index contributed by atoms with van der Waals surface area (Å²) in [5.74, 6) is -3.59. The van der Waals surface area contributed by atoms with Gasteiger partial charge in [0.15, 0.2) is 23.6 Å². The number of rotatable bonds is 11. The van der Waals surface area contributed by atoms with Gasteiger partial charge in [-0.3, -0.25) is 9.59 Å². The minimum Gasteiger partial charge on any atom is -0.482 e. The first kappa shape index (κ1) is 31.3. The summed E-state index contributed by atoms with van der Waals surface area (Å²) in [6.07, 6.45) is -0.345. The van der Waals surface area contributed by atoms with Crippen molar-refractivity contribution in [3.05, 3.63) is 65.0 Å². The Morgan fingerprint density at radius 2 is 1.82 bits per heavy atom. The lowest BCUT2D eigenvalue weighted by atomic mass is 10.0. The van der Waals surface area contributed by atoms with Gasteiger partial charge in [0.2, 0.25) is 5.91 Å². The number of nitrogens with two attached hydrogens (primary N) is 1. The number of thioether (sulfide) groups is 1. The van der Waals surface area contributed by atoms with Crippen LogP contribution in [0.2, 0.25) is 0 Å². The number of nitrogens with zero attached hydrogens (tertiary/aromatic N) is 1. The van der Waals surface area contributed by atoms with Gasteiger partial charge in [-0.1, -0.05) is 12.1 Å². The topological polar surface area (TPSA) is 111 Å². The Bertz CT molecular complexity index is 1130. The fraction of sp³-hybridized carbons (Fsp3) is 0.400. The number of nitrogens with one attached hydrogen (secondary N) is 1. The summed E-state index contributed by atoms with van der Waals surface area (Å²) < 4.78 is 50.6. The molecule has 2 atom stereocenters. The van der Waals surface area contributed by atoms with Gasteiger partial charge in [0.1, 0.15) is 11.6 Å². The second-order valence-corrected chi connectivity index (χ2v) is 9.48. The number of benzene rings is 2. The summed E-state index contributed by atoms with van der Waals surface area (Å²) in [7, 11) is 0. The largest absolute Gasteiger partial charge is 0.482 e. The summed E-state index contributed by atoms with van der Waals surface area (Å²) >= 11 is 1.31. The lowest BCUT2D eigenvalue weighted by Crippen LogP contribution is -2.46. The van der Waals surface area contributed by atoms with Crippen LogP contribution in [0.3, 0.4) is 0 Å². The normalized spacial score (nSPS) is 15.4. The van der Waals surface area contributed by atoms with Gasteiger partial charge >= 0.3 is 5.97 Å². The number of hydrogen-bond acceptors (Lipinski definition) is 7. The monoisotopic (exact) mass is 575 g/mol. The van der Waals surface area contributed by atoms with Gasteiger partial charge < -0.3 is 25.4 Å². The van der Waals surface area contributed by atoms with Crippen LogP contribution in [-0.4, -0.2) is 59.6 Å². The highest BCUT2D eigenvalue weighted by molar-refractivity contribution is 8.00. The lowest BCUT2D eigenvalue weighted by Gasteiger charge is -2.24. The predicted octanol–water partition coefficient (Wildman–Crippen LogP) is 2.95. The number of halogens is 4. The first-order valence-electron chi connectivity index (χ1n) is 11.6. The maximum atomic E-state index is 13.9. The van der Waals surface area contributed by atoms with Crippen LogP contribution in [0, 0.1) is 17.5 Å². The van der Waals surface area contributed by atoms with Gasteiger partial charge in [-0.25, -0.2) is 18.0 Å². The van der Waals surface area contributed by atoms with E-state index in [-0.39, 0.29) is 62.4 Å². The molecule has 1 unspecified atom stereocenters. The van der Waals surface area contributed by atoms with Gasteiger partial charge in [0.25, 0.3) is 5.91 Å². The zero-order valence-corrected chi connectivity index (χ0v) is 22.2. The van der Waals surface area contributed by atoms with Crippen molar-refractivity contribution < 1.29 is 37.0 Å². The molecular formula is C25H29ClF3N3O5S. The molecule has 2 aromatic rings. The molecule has 1 aliphatic rings. The smallest absolute Gasteiger partial charge is 0.344 e. The Balaban J connectivity index is 0.00000507. The number of amides is 2. The maximum Gasteiger partial charge on any atom is 0.344 e. The van der Waals surface area contributed by atoms with Crippen molar-refractivity contribution in [2.24, 2.45) is 5.73 Å². The average molecular weight is 576 g/mol. The van der Waals surface area contributed by atoms with E-state index in [1.807, 2.05) is 0 Å². The van der Waals surface area contributed by atoms with Crippen molar-refractivity contribution in [3.8, 4) is 5.75 Å².